The lowest BCUT2D eigenvalue weighted by Crippen LogP contribution is -2.50. The summed E-state index contributed by atoms with van der Waals surface area (Å²) in [5.74, 6) is 1.28. The lowest BCUT2D eigenvalue weighted by atomic mass is 10.0. The number of rotatable bonds is 12. The van der Waals surface area contributed by atoms with E-state index in [1.54, 1.807) is 19.2 Å². The van der Waals surface area contributed by atoms with Gasteiger partial charge < -0.3 is 19.1 Å². The molecule has 1 aliphatic rings. The number of methoxy groups -OCH3 is 3. The third kappa shape index (κ3) is 5.91. The van der Waals surface area contributed by atoms with Gasteiger partial charge in [-0.25, -0.2) is 16.8 Å². The average Bonchev–Trinajstić information content (AvgIpc) is 2.88. The van der Waals surface area contributed by atoms with Gasteiger partial charge in [0.05, 0.1) is 32.8 Å². The summed E-state index contributed by atoms with van der Waals surface area (Å²) >= 11 is 0. The van der Waals surface area contributed by atoms with Crippen molar-refractivity contribution in [2.24, 2.45) is 0 Å². The minimum atomic E-state index is -3.97. The molecule has 1 fully saturated rings. The van der Waals surface area contributed by atoms with Crippen LogP contribution in [0.3, 0.4) is 0 Å². The third-order valence-corrected chi connectivity index (χ3v) is 13.3. The predicted molar refractivity (Wildman–Crippen MR) is 146 cm³/mol. The Bertz CT molecular complexity index is 1260. The first kappa shape index (κ1) is 29.3. The number of benzene rings is 2. The van der Waals surface area contributed by atoms with E-state index in [9.17, 15) is 16.8 Å². The Morgan fingerprint density at radius 3 is 2.08 bits per heavy atom. The predicted octanol–water partition coefficient (Wildman–Crippen LogP) is 3.62. The highest BCUT2D eigenvalue weighted by molar-refractivity contribution is 8.10. The highest BCUT2D eigenvalue weighted by atomic mass is 32.3. The molecule has 37 heavy (non-hydrogen) atoms. The Hall–Kier alpha value is -2.30. The molecular weight excluding hydrogens is 514 g/mol. The molecule has 3 rings (SSSR count). The summed E-state index contributed by atoms with van der Waals surface area (Å²) in [7, 11) is -1.39. The molecule has 0 amide bonds. The standard InChI is InChI=1S/C27H39NO7S2/c1-6-22-10-9-21(19-25(22)34-4)13-16-28(2)15-7-14-27(36(29,30)17-8-18-37(27,31)32)23-11-12-24(33-3)26(20-23)35-5/h9-12,19-20H,6-8,13-18H2,1-5H3. The maximum absolute atomic E-state index is 13.5. The van der Waals surface area contributed by atoms with Crippen molar-refractivity contribution in [2.75, 3.05) is 53.0 Å². The number of ether oxygens (including phenoxy) is 3. The molecule has 0 N–H and O–H groups in total. The molecule has 0 bridgehead atoms. The highest BCUT2D eigenvalue weighted by Gasteiger charge is 2.57. The first-order valence-corrected chi connectivity index (χ1v) is 15.9. The van der Waals surface area contributed by atoms with Gasteiger partial charge in [0.15, 0.2) is 35.3 Å². The van der Waals surface area contributed by atoms with Gasteiger partial charge in [-0.15, -0.1) is 0 Å². The molecule has 8 nitrogen and oxygen atoms in total. The van der Waals surface area contributed by atoms with Crippen LogP contribution in [-0.4, -0.2) is 74.7 Å². The molecule has 2 aromatic carbocycles. The highest BCUT2D eigenvalue weighted by Crippen LogP contribution is 2.47. The van der Waals surface area contributed by atoms with E-state index < -0.39 is 23.8 Å². The van der Waals surface area contributed by atoms with Crippen molar-refractivity contribution in [3.05, 3.63) is 53.1 Å². The van der Waals surface area contributed by atoms with Crippen molar-refractivity contribution < 1.29 is 31.0 Å². The number of nitrogens with zero attached hydrogens (tertiary/aromatic N) is 1. The number of aryl methyl sites for hydroxylation is 1. The topological polar surface area (TPSA) is 99.2 Å². The van der Waals surface area contributed by atoms with Crippen LogP contribution in [0.4, 0.5) is 0 Å². The summed E-state index contributed by atoms with van der Waals surface area (Å²) in [6.45, 7) is 3.40. The van der Waals surface area contributed by atoms with Crippen LogP contribution < -0.4 is 14.2 Å². The van der Waals surface area contributed by atoms with Crippen LogP contribution in [-0.2, 0) is 36.6 Å². The minimum Gasteiger partial charge on any atom is -0.496 e. The van der Waals surface area contributed by atoms with Crippen LogP contribution in [0.25, 0.3) is 0 Å². The molecule has 0 aromatic heterocycles. The van der Waals surface area contributed by atoms with Crippen LogP contribution in [0.5, 0.6) is 17.2 Å². The van der Waals surface area contributed by atoms with Crippen LogP contribution in [0.2, 0.25) is 0 Å². The van der Waals surface area contributed by atoms with E-state index in [4.69, 9.17) is 14.2 Å². The van der Waals surface area contributed by atoms with Crippen molar-refractivity contribution >= 4 is 19.7 Å². The first-order chi connectivity index (χ1) is 17.5. The Kier molecular flexibility index (Phi) is 9.52. The summed E-state index contributed by atoms with van der Waals surface area (Å²) in [6, 6.07) is 10.8. The quantitative estimate of drug-likeness (QED) is 0.393. The molecule has 10 heteroatoms. The minimum absolute atomic E-state index is 0.0174. The first-order valence-electron chi connectivity index (χ1n) is 12.6. The number of hydrogen-bond acceptors (Lipinski definition) is 8. The second kappa shape index (κ2) is 12.0. The Labute approximate surface area is 221 Å². The fourth-order valence-electron chi connectivity index (χ4n) is 5.10. The van der Waals surface area contributed by atoms with Crippen molar-refractivity contribution in [2.45, 2.75) is 43.1 Å². The normalized spacial score (nSPS) is 17.9. The molecule has 206 valence electrons. The Balaban J connectivity index is 1.80. The molecule has 0 saturated carbocycles. The summed E-state index contributed by atoms with van der Waals surface area (Å²) in [5, 5.41) is 0. The van der Waals surface area contributed by atoms with Gasteiger partial charge in [0, 0.05) is 6.54 Å². The summed E-state index contributed by atoms with van der Waals surface area (Å²) in [4.78, 5) is 2.10. The SMILES string of the molecule is CCc1ccc(CCN(C)CCCC2(c3ccc(OC)c(OC)c3)S(=O)(=O)CCCS2(=O)=O)cc1OC. The van der Waals surface area contributed by atoms with Gasteiger partial charge in [-0.3, -0.25) is 0 Å². The Morgan fingerprint density at radius 2 is 1.49 bits per heavy atom. The molecule has 2 aromatic rings. The Morgan fingerprint density at radius 1 is 0.838 bits per heavy atom. The lowest BCUT2D eigenvalue weighted by Gasteiger charge is -2.37. The maximum atomic E-state index is 13.5. The second-order valence-corrected chi connectivity index (χ2v) is 14.4. The number of hydrogen-bond donors (Lipinski definition) is 0. The van der Waals surface area contributed by atoms with E-state index in [1.165, 1.54) is 20.3 Å². The van der Waals surface area contributed by atoms with Crippen LogP contribution in [0.15, 0.2) is 36.4 Å². The van der Waals surface area contributed by atoms with E-state index >= 15 is 0 Å². The van der Waals surface area contributed by atoms with Crippen molar-refractivity contribution in [1.82, 2.24) is 4.90 Å². The molecular formula is C27H39NO7S2. The van der Waals surface area contributed by atoms with Gasteiger partial charge in [-0.05, 0) is 80.6 Å². The van der Waals surface area contributed by atoms with E-state index in [2.05, 4.69) is 30.0 Å². The zero-order valence-electron chi connectivity index (χ0n) is 22.4. The van der Waals surface area contributed by atoms with E-state index in [0.717, 1.165) is 36.3 Å². The van der Waals surface area contributed by atoms with E-state index in [-0.39, 0.29) is 29.9 Å². The summed E-state index contributed by atoms with van der Waals surface area (Å²) < 4.78 is 68.1. The lowest BCUT2D eigenvalue weighted by molar-refractivity contribution is 0.325. The average molecular weight is 554 g/mol. The molecule has 1 heterocycles. The van der Waals surface area contributed by atoms with Gasteiger partial charge in [0.25, 0.3) is 0 Å². The molecule has 0 atom stereocenters. The molecule has 0 radical (unpaired) electrons. The van der Waals surface area contributed by atoms with E-state index in [0.29, 0.717) is 24.5 Å². The van der Waals surface area contributed by atoms with Gasteiger partial charge >= 0.3 is 0 Å². The van der Waals surface area contributed by atoms with Gasteiger partial charge in [-0.2, -0.15) is 0 Å². The number of likely N-dealkylation sites (N-methyl/N-ethyl adjacent to an activating group) is 1. The fourth-order valence-corrected chi connectivity index (χ4v) is 10.9. The van der Waals surface area contributed by atoms with Crippen molar-refractivity contribution in [3.63, 3.8) is 0 Å². The third-order valence-electron chi connectivity index (χ3n) is 7.21. The van der Waals surface area contributed by atoms with Crippen molar-refractivity contribution in [3.8, 4) is 17.2 Å². The zero-order valence-corrected chi connectivity index (χ0v) is 24.1. The second-order valence-electron chi connectivity index (χ2n) is 9.47. The molecule has 1 aliphatic heterocycles. The summed E-state index contributed by atoms with van der Waals surface area (Å²) in [6.07, 6.45) is 2.20. The fraction of sp³-hybridized carbons (Fsp3) is 0.556. The van der Waals surface area contributed by atoms with Crippen LogP contribution >= 0.6 is 0 Å². The largest absolute Gasteiger partial charge is 0.496 e. The molecule has 0 aliphatic carbocycles. The van der Waals surface area contributed by atoms with Crippen LogP contribution in [0, 0.1) is 0 Å². The monoisotopic (exact) mass is 553 g/mol. The number of sulfone groups is 2. The summed E-state index contributed by atoms with van der Waals surface area (Å²) in [5.41, 5.74) is 2.53. The van der Waals surface area contributed by atoms with Gasteiger partial charge in [0.2, 0.25) is 0 Å². The van der Waals surface area contributed by atoms with Crippen molar-refractivity contribution in [1.29, 1.82) is 0 Å². The zero-order chi connectivity index (χ0) is 27.3. The van der Waals surface area contributed by atoms with E-state index in [1.807, 2.05) is 7.05 Å². The molecule has 0 spiro atoms. The maximum Gasteiger partial charge on any atom is 0.198 e. The van der Waals surface area contributed by atoms with Gasteiger partial charge in [0.1, 0.15) is 5.75 Å². The molecule has 1 saturated heterocycles. The van der Waals surface area contributed by atoms with Gasteiger partial charge in [-0.1, -0.05) is 25.1 Å². The molecule has 0 unspecified atom stereocenters. The smallest absolute Gasteiger partial charge is 0.198 e. The van der Waals surface area contributed by atoms with Crippen LogP contribution in [0.1, 0.15) is 42.9 Å².